The van der Waals surface area contributed by atoms with E-state index < -0.39 is 11.9 Å². The van der Waals surface area contributed by atoms with E-state index in [2.05, 4.69) is 117 Å². The lowest BCUT2D eigenvalue weighted by Gasteiger charge is -2.40. The third-order valence-electron chi connectivity index (χ3n) is 12.3. The van der Waals surface area contributed by atoms with Gasteiger partial charge in [0.1, 0.15) is 34.0 Å². The molecule has 0 amide bonds. The predicted octanol–water partition coefficient (Wildman–Crippen LogP) is 5.80. The summed E-state index contributed by atoms with van der Waals surface area (Å²) in [6.45, 7) is 0.535. The lowest BCUT2D eigenvalue weighted by atomic mass is 9.98. The molecular formula is C54H35N7O3+2. The highest BCUT2D eigenvalue weighted by molar-refractivity contribution is 6.28. The Kier molecular flexibility index (Phi) is 8.50. The molecule has 0 aliphatic carbocycles. The number of allylic oxidation sites excluding steroid dienone is 6. The van der Waals surface area contributed by atoms with Crippen LogP contribution in [0.2, 0.25) is 0 Å². The Morgan fingerprint density at radius 2 is 1.16 bits per heavy atom. The Hall–Kier alpha value is -8.78. The van der Waals surface area contributed by atoms with E-state index >= 15 is 0 Å². The second-order valence-electron chi connectivity index (χ2n) is 15.8. The van der Waals surface area contributed by atoms with Crippen molar-refractivity contribution in [1.82, 2.24) is 24.1 Å². The molecule has 1 atom stereocenters. The molecule has 302 valence electrons. The van der Waals surface area contributed by atoms with Crippen LogP contribution in [0, 0.1) is 35.5 Å². The lowest BCUT2D eigenvalue weighted by Crippen LogP contribution is -2.71. The number of benzene rings is 1. The fraction of sp³-hybridized carbons (Fsp3) is 0.111. The third-order valence-corrected chi connectivity index (χ3v) is 12.3. The van der Waals surface area contributed by atoms with Gasteiger partial charge in [-0.3, -0.25) is 0 Å². The first-order chi connectivity index (χ1) is 31.6. The molecule has 11 heterocycles. The predicted molar refractivity (Wildman–Crippen MR) is 241 cm³/mol. The number of carboxylic acids is 1. The van der Waals surface area contributed by atoms with Crippen molar-refractivity contribution in [3.63, 3.8) is 0 Å². The highest BCUT2D eigenvalue weighted by atomic mass is 16.5. The van der Waals surface area contributed by atoms with Crippen LogP contribution < -0.4 is 15.4 Å². The Bertz CT molecular complexity index is 3570. The van der Waals surface area contributed by atoms with Crippen LogP contribution in [-0.2, 0) is 5.91 Å². The molecule has 1 aromatic carbocycles. The van der Waals surface area contributed by atoms with Gasteiger partial charge in [-0.05, 0) is 134 Å². The molecule has 6 aliphatic heterocycles. The summed E-state index contributed by atoms with van der Waals surface area (Å²) in [4.78, 5) is 25.0. The first-order valence-electron chi connectivity index (χ1n) is 21.2. The average Bonchev–Trinajstić information content (AvgIpc) is 4.17. The van der Waals surface area contributed by atoms with Gasteiger partial charge in [0.25, 0.3) is 0 Å². The van der Waals surface area contributed by atoms with Crippen molar-refractivity contribution < 1.29 is 23.8 Å². The summed E-state index contributed by atoms with van der Waals surface area (Å²) in [6.07, 6.45) is 17.6. The van der Waals surface area contributed by atoms with Crippen molar-refractivity contribution >= 4 is 34.1 Å². The normalized spacial score (nSPS) is 17.4. The number of hydrogen-bond donors (Lipinski definition) is 1. The standard InChI is InChI=1S/C54H34N7O3/c62-53(63)36-14-19-40(20-15-36)64-35-9-1-2-13-41-45-24-26-47-42(21-16-37-10-3-6-32-55-37)49-28-30-51-44(23-18-39-12-5-8-34-57-39)52-31-29-50-43(22-17-38-11-4-7-33-56-38)48-27-25-46(41)59(48)54(58(45)47,60(49)51)61(50)52/h3-8,10-12,14-15,19-20,24-34H,1-2,9,13,35H2/q+1/p+1. The van der Waals surface area contributed by atoms with E-state index in [0.29, 0.717) is 29.4 Å². The number of aromatic carboxylic acids is 1. The van der Waals surface area contributed by atoms with Crippen molar-refractivity contribution in [3.8, 4) is 41.3 Å². The topological polar surface area (TPSA) is 101 Å². The lowest BCUT2D eigenvalue weighted by molar-refractivity contribution is -0.837. The molecule has 10 nitrogen and oxygen atoms in total. The van der Waals surface area contributed by atoms with Crippen LogP contribution in [0.15, 0.2) is 163 Å². The van der Waals surface area contributed by atoms with Gasteiger partial charge in [0.15, 0.2) is 5.57 Å². The second kappa shape index (κ2) is 14.7. The van der Waals surface area contributed by atoms with Gasteiger partial charge in [0.05, 0.1) is 34.3 Å². The van der Waals surface area contributed by atoms with E-state index in [1.807, 2.05) is 54.6 Å². The molecule has 5 aromatic heterocycles. The van der Waals surface area contributed by atoms with Gasteiger partial charge in [-0.25, -0.2) is 19.7 Å². The summed E-state index contributed by atoms with van der Waals surface area (Å²) >= 11 is 0. The average molecular weight is 830 g/mol. The van der Waals surface area contributed by atoms with E-state index in [-0.39, 0.29) is 5.56 Å². The molecule has 6 aromatic rings. The van der Waals surface area contributed by atoms with Crippen LogP contribution in [0.4, 0.5) is 0 Å². The summed E-state index contributed by atoms with van der Waals surface area (Å²) in [6, 6.07) is 32.9. The second-order valence-corrected chi connectivity index (χ2v) is 15.8. The zero-order valence-electron chi connectivity index (χ0n) is 34.3. The minimum atomic E-state index is -0.954. The van der Waals surface area contributed by atoms with E-state index in [1.165, 1.54) is 5.57 Å². The van der Waals surface area contributed by atoms with Crippen LogP contribution in [0.3, 0.4) is 0 Å². The van der Waals surface area contributed by atoms with Gasteiger partial charge in [-0.1, -0.05) is 39.2 Å². The molecule has 0 saturated carbocycles. The van der Waals surface area contributed by atoms with E-state index in [0.717, 1.165) is 87.3 Å². The number of unbranched alkanes of at least 4 members (excludes halogenated alkanes) is 2. The van der Waals surface area contributed by atoms with Crippen molar-refractivity contribution in [2.45, 2.75) is 31.6 Å². The van der Waals surface area contributed by atoms with Gasteiger partial charge < -0.3 is 9.84 Å². The fourth-order valence-corrected chi connectivity index (χ4v) is 9.60. The Morgan fingerprint density at radius 3 is 1.78 bits per heavy atom. The molecule has 0 radical (unpaired) electrons. The monoisotopic (exact) mass is 829 g/mol. The maximum Gasteiger partial charge on any atom is 0.554 e. The zero-order chi connectivity index (χ0) is 42.8. The summed E-state index contributed by atoms with van der Waals surface area (Å²) in [5.41, 5.74) is 12.3. The summed E-state index contributed by atoms with van der Waals surface area (Å²) in [5, 5.41) is 11.4. The van der Waals surface area contributed by atoms with Gasteiger partial charge >= 0.3 is 11.9 Å². The number of carboxylic acid groups (broad SMARTS) is 1. The van der Waals surface area contributed by atoms with Gasteiger partial charge in [-0.2, -0.15) is 9.13 Å². The SMILES string of the molecule is O=C(O)c1ccc(OCCCCCC2=c3ccc4n3C35n6c(ccc62)C(C#Cc2ccccn2)=C2C=CC(=[N+]23)C(C#Cc2ccccn2)=C2C=CC(=[N+]25)C=4C#Cc2ccccn2)cc1. The number of ether oxygens (including phenoxy) is 1. The number of nitrogens with zero attached hydrogens (tertiary/aromatic N) is 7. The number of hydrogen-bond acceptors (Lipinski definition) is 5. The Labute approximate surface area is 367 Å². The van der Waals surface area contributed by atoms with E-state index in [9.17, 15) is 9.90 Å². The van der Waals surface area contributed by atoms with Crippen molar-refractivity contribution in [1.29, 1.82) is 0 Å². The van der Waals surface area contributed by atoms with Crippen LogP contribution in [0.5, 0.6) is 5.75 Å². The largest absolute Gasteiger partial charge is 0.554 e. The van der Waals surface area contributed by atoms with Gasteiger partial charge in [0, 0.05) is 48.5 Å². The molecule has 1 spiro atoms. The van der Waals surface area contributed by atoms with E-state index in [1.54, 1.807) is 42.9 Å². The third kappa shape index (κ3) is 5.58. The maximum atomic E-state index is 11.3. The molecule has 1 unspecified atom stereocenters. The molecule has 6 aliphatic rings. The Morgan fingerprint density at radius 1 is 0.578 bits per heavy atom. The zero-order valence-corrected chi connectivity index (χ0v) is 34.3. The molecule has 64 heavy (non-hydrogen) atoms. The molecular weight excluding hydrogens is 795 g/mol. The number of carbonyl (C=O) groups is 1. The van der Waals surface area contributed by atoms with Crippen LogP contribution in [0.25, 0.3) is 16.7 Å². The summed E-state index contributed by atoms with van der Waals surface area (Å²) in [7, 11) is 0. The number of pyridine rings is 3. The minimum absolute atomic E-state index is 0.239. The molecule has 1 N–H and O–H groups in total. The highest BCUT2D eigenvalue weighted by Crippen LogP contribution is 2.49. The van der Waals surface area contributed by atoms with Crippen LogP contribution >= 0.6 is 0 Å². The van der Waals surface area contributed by atoms with Crippen molar-refractivity contribution in [2.75, 3.05) is 6.61 Å². The van der Waals surface area contributed by atoms with Crippen LogP contribution in [0.1, 0.15) is 64.5 Å². The Balaban J connectivity index is 1.05. The number of aromatic nitrogens is 5. The van der Waals surface area contributed by atoms with Crippen molar-refractivity contribution in [2.24, 2.45) is 0 Å². The van der Waals surface area contributed by atoms with Crippen molar-refractivity contribution in [3.05, 3.63) is 208 Å². The molecule has 0 fully saturated rings. The van der Waals surface area contributed by atoms with E-state index in [4.69, 9.17) is 4.74 Å². The van der Waals surface area contributed by atoms with Crippen LogP contribution in [-0.4, -0.2) is 62.3 Å². The summed E-state index contributed by atoms with van der Waals surface area (Å²) < 4.78 is 15.8. The minimum Gasteiger partial charge on any atom is -0.494 e. The number of rotatable bonds is 8. The smallest absolute Gasteiger partial charge is 0.494 e. The first kappa shape index (κ1) is 37.0. The molecule has 10 heteroatoms. The summed E-state index contributed by atoms with van der Waals surface area (Å²) in [5.74, 6) is 19.7. The van der Waals surface area contributed by atoms with Gasteiger partial charge in [-0.15, -0.1) is 0 Å². The molecule has 0 bridgehead atoms. The quantitative estimate of drug-likeness (QED) is 0.118. The maximum absolute atomic E-state index is 11.3. The van der Waals surface area contributed by atoms with Gasteiger partial charge in [0.2, 0.25) is 22.8 Å². The fourth-order valence-electron chi connectivity index (χ4n) is 9.60. The highest BCUT2D eigenvalue weighted by Gasteiger charge is 2.72. The first-order valence-corrected chi connectivity index (χ1v) is 21.2. The molecule has 12 rings (SSSR count). The molecule has 0 saturated heterocycles.